The topological polar surface area (TPSA) is 55.8 Å². The standard InChI is InChI=1S/C24H19ClO4/c1-17-19(16-24(26)27)7-4-10-21(17)29-23-9-3-2-8-22(23)28-15-5-6-18-11-13-20(25)14-12-18/h2-4,7-14H,15-16H2,1H3,(H,26,27). The summed E-state index contributed by atoms with van der Waals surface area (Å²) in [6.45, 7) is 2.04. The molecule has 0 fully saturated rings. The molecule has 0 aliphatic rings. The van der Waals surface area contributed by atoms with Crippen LogP contribution in [0.4, 0.5) is 0 Å². The predicted octanol–water partition coefficient (Wildman–Crippen LogP) is 5.50. The Kier molecular flexibility index (Phi) is 6.78. The lowest BCUT2D eigenvalue weighted by atomic mass is 10.1. The molecule has 0 bridgehead atoms. The van der Waals surface area contributed by atoms with Crippen molar-refractivity contribution in [2.24, 2.45) is 0 Å². The van der Waals surface area contributed by atoms with E-state index >= 15 is 0 Å². The fourth-order valence-electron chi connectivity index (χ4n) is 2.68. The lowest BCUT2D eigenvalue weighted by Gasteiger charge is -2.14. The molecule has 5 heteroatoms. The van der Waals surface area contributed by atoms with Crippen LogP contribution in [0.5, 0.6) is 17.2 Å². The number of benzene rings is 3. The molecule has 0 heterocycles. The number of ether oxygens (including phenoxy) is 2. The van der Waals surface area contributed by atoms with Gasteiger partial charge in [0.15, 0.2) is 11.5 Å². The predicted molar refractivity (Wildman–Crippen MR) is 113 cm³/mol. The van der Waals surface area contributed by atoms with Gasteiger partial charge < -0.3 is 14.6 Å². The first-order valence-corrected chi connectivity index (χ1v) is 9.35. The lowest BCUT2D eigenvalue weighted by molar-refractivity contribution is -0.136. The molecule has 0 aliphatic carbocycles. The van der Waals surface area contributed by atoms with Crippen molar-refractivity contribution in [1.29, 1.82) is 0 Å². The zero-order valence-corrected chi connectivity index (χ0v) is 16.6. The number of carboxylic acids is 1. The van der Waals surface area contributed by atoms with Crippen molar-refractivity contribution in [3.8, 4) is 29.1 Å². The maximum absolute atomic E-state index is 11.0. The number of carbonyl (C=O) groups is 1. The van der Waals surface area contributed by atoms with Crippen LogP contribution in [0.3, 0.4) is 0 Å². The second-order valence-corrected chi connectivity index (χ2v) is 6.69. The number of hydrogen-bond donors (Lipinski definition) is 1. The van der Waals surface area contributed by atoms with Crippen LogP contribution in [0.1, 0.15) is 16.7 Å². The molecule has 0 saturated heterocycles. The second kappa shape index (κ2) is 9.68. The van der Waals surface area contributed by atoms with E-state index in [1.807, 2.05) is 31.2 Å². The first-order chi connectivity index (χ1) is 14.0. The molecule has 0 radical (unpaired) electrons. The monoisotopic (exact) mass is 406 g/mol. The van der Waals surface area contributed by atoms with Crippen LogP contribution in [0, 0.1) is 18.8 Å². The Morgan fingerprint density at radius 2 is 1.66 bits per heavy atom. The van der Waals surface area contributed by atoms with Crippen LogP contribution in [0.25, 0.3) is 0 Å². The number of rotatable bonds is 6. The molecule has 1 N–H and O–H groups in total. The van der Waals surface area contributed by atoms with Crippen molar-refractivity contribution in [3.63, 3.8) is 0 Å². The Morgan fingerprint density at radius 3 is 2.38 bits per heavy atom. The van der Waals surface area contributed by atoms with Crippen molar-refractivity contribution < 1.29 is 19.4 Å². The van der Waals surface area contributed by atoms with E-state index in [2.05, 4.69) is 11.8 Å². The molecule has 0 saturated carbocycles. The van der Waals surface area contributed by atoms with Gasteiger partial charge in [-0.15, -0.1) is 0 Å². The van der Waals surface area contributed by atoms with Crippen molar-refractivity contribution >= 4 is 17.6 Å². The molecule has 3 rings (SSSR count). The van der Waals surface area contributed by atoms with Crippen molar-refractivity contribution in [3.05, 3.63) is 88.4 Å². The highest BCUT2D eigenvalue weighted by molar-refractivity contribution is 6.30. The molecular weight excluding hydrogens is 388 g/mol. The molecule has 0 amide bonds. The minimum atomic E-state index is -0.881. The Labute approximate surface area is 174 Å². The Balaban J connectivity index is 1.71. The van der Waals surface area contributed by atoms with Gasteiger partial charge in [0.05, 0.1) is 6.42 Å². The first kappa shape index (κ1) is 20.3. The maximum Gasteiger partial charge on any atom is 0.307 e. The Bertz CT molecular complexity index is 1060. The summed E-state index contributed by atoms with van der Waals surface area (Å²) >= 11 is 5.87. The van der Waals surface area contributed by atoms with Gasteiger partial charge in [-0.2, -0.15) is 0 Å². The quantitative estimate of drug-likeness (QED) is 0.549. The number of aliphatic carboxylic acids is 1. The van der Waals surface area contributed by atoms with Gasteiger partial charge in [0.2, 0.25) is 0 Å². The van der Waals surface area contributed by atoms with E-state index in [4.69, 9.17) is 26.2 Å². The largest absolute Gasteiger partial charge is 0.481 e. The summed E-state index contributed by atoms with van der Waals surface area (Å²) < 4.78 is 11.8. The molecule has 0 atom stereocenters. The molecule has 29 heavy (non-hydrogen) atoms. The highest BCUT2D eigenvalue weighted by atomic mass is 35.5. The summed E-state index contributed by atoms with van der Waals surface area (Å²) in [6.07, 6.45) is -0.0541. The molecule has 146 valence electrons. The minimum Gasteiger partial charge on any atom is -0.481 e. The van der Waals surface area contributed by atoms with Crippen LogP contribution < -0.4 is 9.47 Å². The van der Waals surface area contributed by atoms with Crippen molar-refractivity contribution in [2.45, 2.75) is 13.3 Å². The normalized spacial score (nSPS) is 10.0. The average molecular weight is 407 g/mol. The summed E-state index contributed by atoms with van der Waals surface area (Å²) in [5.74, 6) is 6.79. The van der Waals surface area contributed by atoms with Gasteiger partial charge in [-0.3, -0.25) is 4.79 Å². The summed E-state index contributed by atoms with van der Waals surface area (Å²) in [7, 11) is 0. The molecule has 3 aromatic rings. The number of carboxylic acid groups (broad SMARTS) is 1. The van der Waals surface area contributed by atoms with Gasteiger partial charge in [-0.1, -0.05) is 47.7 Å². The second-order valence-electron chi connectivity index (χ2n) is 6.26. The van der Waals surface area contributed by atoms with E-state index in [9.17, 15) is 4.79 Å². The number of halogens is 1. The van der Waals surface area contributed by atoms with E-state index < -0.39 is 5.97 Å². The molecular formula is C24H19ClO4. The first-order valence-electron chi connectivity index (χ1n) is 8.97. The van der Waals surface area contributed by atoms with Crippen LogP contribution in [-0.2, 0) is 11.2 Å². The van der Waals surface area contributed by atoms with Gasteiger partial charge in [-0.25, -0.2) is 0 Å². The summed E-state index contributed by atoms with van der Waals surface area (Å²) in [5.41, 5.74) is 2.35. The van der Waals surface area contributed by atoms with Crippen LogP contribution in [0.15, 0.2) is 66.7 Å². The van der Waals surface area contributed by atoms with E-state index in [0.29, 0.717) is 27.8 Å². The SMILES string of the molecule is Cc1c(CC(=O)O)cccc1Oc1ccccc1OCC#Cc1ccc(Cl)cc1. The third kappa shape index (κ3) is 5.78. The van der Waals surface area contributed by atoms with Gasteiger partial charge in [0.1, 0.15) is 12.4 Å². The lowest BCUT2D eigenvalue weighted by Crippen LogP contribution is -2.03. The third-order valence-electron chi connectivity index (χ3n) is 4.18. The highest BCUT2D eigenvalue weighted by Crippen LogP contribution is 2.33. The van der Waals surface area contributed by atoms with Crippen molar-refractivity contribution in [2.75, 3.05) is 6.61 Å². The zero-order valence-electron chi connectivity index (χ0n) is 15.8. The minimum absolute atomic E-state index is 0.0541. The van der Waals surface area contributed by atoms with Crippen molar-refractivity contribution in [1.82, 2.24) is 0 Å². The van der Waals surface area contributed by atoms with Crippen LogP contribution in [-0.4, -0.2) is 17.7 Å². The Morgan fingerprint density at radius 1 is 0.966 bits per heavy atom. The molecule has 0 aliphatic heterocycles. The van der Waals surface area contributed by atoms with Gasteiger partial charge in [0.25, 0.3) is 0 Å². The Hall–Kier alpha value is -3.42. The highest BCUT2D eigenvalue weighted by Gasteiger charge is 2.11. The number of para-hydroxylation sites is 2. The summed E-state index contributed by atoms with van der Waals surface area (Å²) in [5, 5.41) is 9.72. The van der Waals surface area contributed by atoms with Gasteiger partial charge in [0, 0.05) is 10.6 Å². The summed E-state index contributed by atoms with van der Waals surface area (Å²) in [6, 6.07) is 19.9. The van der Waals surface area contributed by atoms with Crippen LogP contribution >= 0.6 is 11.6 Å². The average Bonchev–Trinajstić information content (AvgIpc) is 2.70. The van der Waals surface area contributed by atoms with E-state index in [1.54, 1.807) is 42.5 Å². The molecule has 0 unspecified atom stereocenters. The van der Waals surface area contributed by atoms with Gasteiger partial charge >= 0.3 is 5.97 Å². The fourth-order valence-corrected chi connectivity index (χ4v) is 2.81. The maximum atomic E-state index is 11.0. The van der Waals surface area contributed by atoms with E-state index in [1.165, 1.54) is 0 Å². The zero-order chi connectivity index (χ0) is 20.6. The molecule has 4 nitrogen and oxygen atoms in total. The van der Waals surface area contributed by atoms with E-state index in [-0.39, 0.29) is 13.0 Å². The third-order valence-corrected chi connectivity index (χ3v) is 4.44. The fraction of sp³-hybridized carbons (Fsp3) is 0.125. The van der Waals surface area contributed by atoms with Gasteiger partial charge in [-0.05, 0) is 60.5 Å². The smallest absolute Gasteiger partial charge is 0.307 e. The molecule has 3 aromatic carbocycles. The summed E-state index contributed by atoms with van der Waals surface area (Å²) in [4.78, 5) is 11.0. The molecule has 0 spiro atoms. The molecule has 0 aromatic heterocycles. The number of hydrogen-bond acceptors (Lipinski definition) is 3. The van der Waals surface area contributed by atoms with E-state index in [0.717, 1.165) is 11.1 Å². The van der Waals surface area contributed by atoms with Crippen LogP contribution in [0.2, 0.25) is 5.02 Å².